The lowest BCUT2D eigenvalue weighted by molar-refractivity contribution is 0.731. The maximum atomic E-state index is 5.36. The number of imidazole rings is 1. The summed E-state index contributed by atoms with van der Waals surface area (Å²) in [6.07, 6.45) is 5.77. The molecule has 0 aliphatic carbocycles. The van der Waals surface area contributed by atoms with E-state index in [9.17, 15) is 0 Å². The van der Waals surface area contributed by atoms with Gasteiger partial charge in [-0.3, -0.25) is 0 Å². The van der Waals surface area contributed by atoms with E-state index in [1.54, 1.807) is 0 Å². The van der Waals surface area contributed by atoms with Crippen LogP contribution in [0.25, 0.3) is 0 Å². The van der Waals surface area contributed by atoms with Crippen LogP contribution in [0.1, 0.15) is 12.2 Å². The Kier molecular flexibility index (Phi) is 8.81. The average molecular weight is 212 g/mol. The molecule has 0 fully saturated rings. The maximum absolute atomic E-state index is 5.36. The molecule has 1 heterocycles. The maximum Gasteiger partial charge on any atom is 0.108 e. The average Bonchev–Trinajstić information content (AvgIpc) is 2.31. The minimum Gasteiger partial charge on any atom is -0.338 e. The molecule has 0 amide bonds. The van der Waals surface area contributed by atoms with Crippen LogP contribution < -0.4 is 5.73 Å². The molecule has 0 radical (unpaired) electrons. The zero-order valence-electron chi connectivity index (χ0n) is 7.06. The second-order valence-corrected chi connectivity index (χ2v) is 2.35. The van der Waals surface area contributed by atoms with Crippen molar-refractivity contribution in [2.45, 2.75) is 12.8 Å². The van der Waals surface area contributed by atoms with Crippen molar-refractivity contribution in [3.8, 4) is 0 Å². The Morgan fingerprint density at radius 2 is 2.17 bits per heavy atom. The molecule has 0 unspecified atom stereocenters. The summed E-state index contributed by atoms with van der Waals surface area (Å²) in [6.45, 7) is 0.743. The Morgan fingerprint density at radius 3 is 2.58 bits per heavy atom. The molecular weight excluding hydrogens is 197 g/mol. The van der Waals surface area contributed by atoms with Crippen LogP contribution in [-0.2, 0) is 13.5 Å². The number of halogens is 2. The van der Waals surface area contributed by atoms with Crippen LogP contribution in [0.5, 0.6) is 0 Å². The first-order chi connectivity index (χ1) is 4.84. The summed E-state index contributed by atoms with van der Waals surface area (Å²) in [4.78, 5) is 4.16. The first-order valence-corrected chi connectivity index (χ1v) is 3.51. The lowest BCUT2D eigenvalue weighted by Gasteiger charge is -1.97. The monoisotopic (exact) mass is 211 g/mol. The first kappa shape index (κ1) is 14.3. The standard InChI is InChI=1S/C7H13N3.2ClH/c1-10-6-5-9-7(10)3-2-4-8;;/h5-6H,2-4,8H2,1H3;2*1H. The third kappa shape index (κ3) is 3.95. The van der Waals surface area contributed by atoms with Crippen LogP contribution in [0.2, 0.25) is 0 Å². The van der Waals surface area contributed by atoms with Crippen molar-refractivity contribution in [1.29, 1.82) is 0 Å². The quantitative estimate of drug-likeness (QED) is 0.816. The molecule has 3 nitrogen and oxygen atoms in total. The summed E-state index contributed by atoms with van der Waals surface area (Å²) in [5.41, 5.74) is 5.36. The largest absolute Gasteiger partial charge is 0.338 e. The number of nitrogens with zero attached hydrogens (tertiary/aromatic N) is 2. The third-order valence-electron chi connectivity index (χ3n) is 1.53. The van der Waals surface area contributed by atoms with E-state index < -0.39 is 0 Å². The smallest absolute Gasteiger partial charge is 0.108 e. The molecule has 2 N–H and O–H groups in total. The van der Waals surface area contributed by atoms with Gasteiger partial charge < -0.3 is 10.3 Å². The Hall–Kier alpha value is -0.250. The van der Waals surface area contributed by atoms with E-state index in [-0.39, 0.29) is 24.8 Å². The Morgan fingerprint density at radius 1 is 1.50 bits per heavy atom. The molecule has 0 saturated heterocycles. The van der Waals surface area contributed by atoms with E-state index >= 15 is 0 Å². The van der Waals surface area contributed by atoms with Crippen LogP contribution in [-0.4, -0.2) is 16.1 Å². The summed E-state index contributed by atoms with van der Waals surface area (Å²) >= 11 is 0. The van der Waals surface area contributed by atoms with Crippen molar-refractivity contribution < 1.29 is 0 Å². The SMILES string of the molecule is Cl.Cl.Cn1ccnc1CCCN. The summed E-state index contributed by atoms with van der Waals surface area (Å²) in [5, 5.41) is 0. The molecule has 1 aromatic rings. The van der Waals surface area contributed by atoms with Crippen molar-refractivity contribution >= 4 is 24.8 Å². The Balaban J connectivity index is 0. The van der Waals surface area contributed by atoms with Gasteiger partial charge in [0, 0.05) is 25.9 Å². The summed E-state index contributed by atoms with van der Waals surface area (Å²) in [6, 6.07) is 0. The van der Waals surface area contributed by atoms with Gasteiger partial charge >= 0.3 is 0 Å². The van der Waals surface area contributed by atoms with Crippen molar-refractivity contribution in [2.24, 2.45) is 12.8 Å². The van der Waals surface area contributed by atoms with E-state index in [1.165, 1.54) is 0 Å². The van der Waals surface area contributed by atoms with Gasteiger partial charge in [0.2, 0.25) is 0 Å². The predicted octanol–water partition coefficient (Wildman–Crippen LogP) is 1.15. The summed E-state index contributed by atoms with van der Waals surface area (Å²) in [5.74, 6) is 1.12. The number of hydrogen-bond donors (Lipinski definition) is 1. The molecule has 0 atom stereocenters. The lowest BCUT2D eigenvalue weighted by atomic mass is 10.3. The highest BCUT2D eigenvalue weighted by Gasteiger charge is 1.95. The van der Waals surface area contributed by atoms with Crippen LogP contribution in [0.3, 0.4) is 0 Å². The fourth-order valence-corrected chi connectivity index (χ4v) is 0.898. The van der Waals surface area contributed by atoms with E-state index in [0.717, 1.165) is 25.2 Å². The molecule has 0 saturated carbocycles. The molecule has 0 aliphatic rings. The Bertz CT molecular complexity index is 200. The van der Waals surface area contributed by atoms with Crippen LogP contribution >= 0.6 is 24.8 Å². The van der Waals surface area contributed by atoms with Gasteiger partial charge in [-0.15, -0.1) is 24.8 Å². The topological polar surface area (TPSA) is 43.8 Å². The zero-order chi connectivity index (χ0) is 7.40. The van der Waals surface area contributed by atoms with Gasteiger partial charge in [-0.2, -0.15) is 0 Å². The molecule has 12 heavy (non-hydrogen) atoms. The van der Waals surface area contributed by atoms with Crippen LogP contribution in [0.15, 0.2) is 12.4 Å². The van der Waals surface area contributed by atoms with Gasteiger partial charge in [0.1, 0.15) is 5.82 Å². The molecule has 1 aromatic heterocycles. The third-order valence-corrected chi connectivity index (χ3v) is 1.53. The molecule has 1 rings (SSSR count). The number of rotatable bonds is 3. The molecule has 0 aromatic carbocycles. The van der Waals surface area contributed by atoms with Crippen molar-refractivity contribution in [3.63, 3.8) is 0 Å². The molecule has 72 valence electrons. The minimum absolute atomic E-state index is 0. The van der Waals surface area contributed by atoms with Crippen molar-refractivity contribution in [1.82, 2.24) is 9.55 Å². The van der Waals surface area contributed by atoms with Crippen molar-refractivity contribution in [3.05, 3.63) is 18.2 Å². The minimum atomic E-state index is 0. The highest BCUT2D eigenvalue weighted by molar-refractivity contribution is 5.85. The van der Waals surface area contributed by atoms with Gasteiger partial charge in [0.05, 0.1) is 0 Å². The van der Waals surface area contributed by atoms with E-state index in [0.29, 0.717) is 0 Å². The number of aromatic nitrogens is 2. The Labute approximate surface area is 85.2 Å². The van der Waals surface area contributed by atoms with Gasteiger partial charge in [0.25, 0.3) is 0 Å². The number of nitrogens with two attached hydrogens (primary N) is 1. The molecule has 5 heteroatoms. The fourth-order valence-electron chi connectivity index (χ4n) is 0.898. The van der Waals surface area contributed by atoms with E-state index in [4.69, 9.17) is 5.73 Å². The number of hydrogen-bond acceptors (Lipinski definition) is 2. The lowest BCUT2D eigenvalue weighted by Crippen LogP contribution is -2.03. The summed E-state index contributed by atoms with van der Waals surface area (Å²) in [7, 11) is 2.00. The highest BCUT2D eigenvalue weighted by Crippen LogP contribution is 1.96. The van der Waals surface area contributed by atoms with Gasteiger partial charge in [-0.1, -0.05) is 0 Å². The van der Waals surface area contributed by atoms with Crippen LogP contribution in [0, 0.1) is 0 Å². The van der Waals surface area contributed by atoms with E-state index in [1.807, 2.05) is 24.0 Å². The molecule has 0 bridgehead atoms. The fraction of sp³-hybridized carbons (Fsp3) is 0.571. The predicted molar refractivity (Wildman–Crippen MR) is 55.1 cm³/mol. The normalized spacial score (nSPS) is 8.50. The number of aryl methyl sites for hydroxylation is 2. The summed E-state index contributed by atoms with van der Waals surface area (Å²) < 4.78 is 2.02. The molecule has 0 aliphatic heterocycles. The van der Waals surface area contributed by atoms with Crippen molar-refractivity contribution in [2.75, 3.05) is 6.54 Å². The first-order valence-electron chi connectivity index (χ1n) is 3.51. The van der Waals surface area contributed by atoms with E-state index in [2.05, 4.69) is 4.98 Å². The van der Waals surface area contributed by atoms with Crippen LogP contribution in [0.4, 0.5) is 0 Å². The molecular formula is C7H15Cl2N3. The second-order valence-electron chi connectivity index (χ2n) is 2.35. The second kappa shape index (κ2) is 7.40. The van der Waals surface area contributed by atoms with Gasteiger partial charge in [-0.05, 0) is 13.0 Å². The molecule has 0 spiro atoms. The van der Waals surface area contributed by atoms with Gasteiger partial charge in [-0.25, -0.2) is 4.98 Å². The zero-order valence-corrected chi connectivity index (χ0v) is 8.70. The highest BCUT2D eigenvalue weighted by atomic mass is 35.5. The van der Waals surface area contributed by atoms with Gasteiger partial charge in [0.15, 0.2) is 0 Å².